The van der Waals surface area contributed by atoms with Gasteiger partial charge in [-0.1, -0.05) is 9.95 Å². The summed E-state index contributed by atoms with van der Waals surface area (Å²) in [4.78, 5) is 0. The molecular weight excluding hydrogens is 240 g/mol. The molecule has 0 atom stereocenters. The molecule has 0 aliphatic rings. The van der Waals surface area contributed by atoms with Gasteiger partial charge in [0.15, 0.2) is 0 Å². The molecule has 0 saturated carbocycles. The fourth-order valence-electron chi connectivity index (χ4n) is 1.12. The molecule has 0 spiro atoms. The lowest BCUT2D eigenvalue weighted by molar-refractivity contribution is 0.423. The zero-order chi connectivity index (χ0) is 12.3. The van der Waals surface area contributed by atoms with Gasteiger partial charge in [0.05, 0.1) is 0 Å². The van der Waals surface area contributed by atoms with E-state index in [1.807, 2.05) is 0 Å². The van der Waals surface area contributed by atoms with Gasteiger partial charge in [-0.05, 0) is 23.2 Å². The Kier molecular flexibility index (Phi) is 3.86. The van der Waals surface area contributed by atoms with Crippen LogP contribution in [0.15, 0.2) is 18.2 Å². The molecule has 0 bridgehead atoms. The molecule has 0 aliphatic carbocycles. The largest absolute Gasteiger partial charge is 0.488 e. The summed E-state index contributed by atoms with van der Waals surface area (Å²) in [6, 6.07) is 3.51. The summed E-state index contributed by atoms with van der Waals surface area (Å²) in [7, 11) is -6.97. The van der Waals surface area contributed by atoms with Crippen LogP contribution in [0.1, 0.15) is 5.56 Å². The molecule has 1 aromatic carbocycles. The van der Waals surface area contributed by atoms with Gasteiger partial charge in [-0.2, -0.15) is 8.42 Å². The van der Waals surface area contributed by atoms with E-state index in [1.54, 1.807) is 0 Å². The molecule has 0 radical (unpaired) electrons. The van der Waals surface area contributed by atoms with Crippen molar-refractivity contribution in [2.45, 2.75) is 6.54 Å². The van der Waals surface area contributed by atoms with Crippen molar-refractivity contribution in [3.05, 3.63) is 23.8 Å². The minimum absolute atomic E-state index is 0.0171. The first-order valence-electron chi connectivity index (χ1n) is 4.16. The molecule has 0 fully saturated rings. The van der Waals surface area contributed by atoms with Gasteiger partial charge in [0.1, 0.15) is 5.75 Å². The van der Waals surface area contributed by atoms with Crippen LogP contribution in [-0.4, -0.2) is 25.6 Å². The maximum Gasteiger partial charge on any atom is 0.488 e. The summed E-state index contributed by atoms with van der Waals surface area (Å²) in [5, 5.41) is 17.8. The normalized spacial score (nSPS) is 11.2. The lowest BCUT2D eigenvalue weighted by Gasteiger charge is -2.06. The first kappa shape index (κ1) is 12.9. The highest BCUT2D eigenvalue weighted by Gasteiger charge is 2.16. The molecule has 0 aromatic heterocycles. The van der Waals surface area contributed by atoms with Crippen molar-refractivity contribution in [1.82, 2.24) is 0 Å². The lowest BCUT2D eigenvalue weighted by atomic mass is 9.79. The van der Waals surface area contributed by atoms with Gasteiger partial charge in [-0.25, -0.2) is 0 Å². The summed E-state index contributed by atoms with van der Waals surface area (Å²) < 4.78 is 36.7. The van der Waals surface area contributed by atoms with E-state index < -0.39 is 17.6 Å². The van der Waals surface area contributed by atoms with E-state index >= 15 is 0 Å². The van der Waals surface area contributed by atoms with Crippen LogP contribution in [0.2, 0.25) is 0 Å². The van der Waals surface area contributed by atoms with Crippen LogP contribution in [0.4, 0.5) is 3.89 Å². The van der Waals surface area contributed by atoms with Crippen molar-refractivity contribution in [3.63, 3.8) is 0 Å². The van der Waals surface area contributed by atoms with Gasteiger partial charge in [0.2, 0.25) is 0 Å². The molecule has 0 saturated heterocycles. The molecule has 16 heavy (non-hydrogen) atoms. The molecular formula is C7H9BFNO5S. The van der Waals surface area contributed by atoms with Crippen molar-refractivity contribution in [3.8, 4) is 5.75 Å². The fraction of sp³-hybridized carbons (Fsp3) is 0.143. The van der Waals surface area contributed by atoms with E-state index in [0.717, 1.165) is 6.07 Å². The molecule has 1 aromatic rings. The van der Waals surface area contributed by atoms with Gasteiger partial charge < -0.3 is 20.0 Å². The number of hydrogen-bond acceptors (Lipinski definition) is 6. The van der Waals surface area contributed by atoms with Gasteiger partial charge in [0, 0.05) is 6.54 Å². The third kappa shape index (κ3) is 3.78. The highest BCUT2D eigenvalue weighted by molar-refractivity contribution is 7.81. The van der Waals surface area contributed by atoms with Gasteiger partial charge in [-0.3, -0.25) is 0 Å². The van der Waals surface area contributed by atoms with Gasteiger partial charge in [-0.15, -0.1) is 0 Å². The van der Waals surface area contributed by atoms with E-state index in [4.69, 9.17) is 15.8 Å². The van der Waals surface area contributed by atoms with Crippen LogP contribution in [0.5, 0.6) is 5.75 Å². The summed E-state index contributed by atoms with van der Waals surface area (Å²) in [5.74, 6) is -0.367. The van der Waals surface area contributed by atoms with E-state index in [-0.39, 0.29) is 17.8 Å². The van der Waals surface area contributed by atoms with Crippen LogP contribution in [0, 0.1) is 0 Å². The molecule has 4 N–H and O–H groups in total. The van der Waals surface area contributed by atoms with E-state index in [9.17, 15) is 12.3 Å². The Morgan fingerprint density at radius 1 is 1.38 bits per heavy atom. The average Bonchev–Trinajstić information content (AvgIpc) is 2.14. The van der Waals surface area contributed by atoms with Gasteiger partial charge in [0.25, 0.3) is 0 Å². The Morgan fingerprint density at radius 3 is 2.44 bits per heavy atom. The molecule has 0 unspecified atom stereocenters. The fourth-order valence-corrected chi connectivity index (χ4v) is 1.44. The predicted molar refractivity (Wildman–Crippen MR) is 54.8 cm³/mol. The zero-order valence-corrected chi connectivity index (χ0v) is 8.82. The van der Waals surface area contributed by atoms with Crippen LogP contribution in [-0.2, 0) is 17.0 Å². The third-order valence-electron chi connectivity index (χ3n) is 1.72. The van der Waals surface area contributed by atoms with E-state index in [2.05, 4.69) is 4.18 Å². The standard InChI is InChI=1S/C7H9BFNO5S/c9-16(13,14)15-7-2-5(4-10)1-6(3-7)8(11)12/h1-3,11-12H,4,10H2. The maximum atomic E-state index is 12.2. The second kappa shape index (κ2) is 4.79. The number of nitrogens with two attached hydrogens (primary N) is 1. The second-order valence-electron chi connectivity index (χ2n) is 2.96. The molecule has 0 aliphatic heterocycles. The Bertz CT molecular complexity index is 478. The zero-order valence-electron chi connectivity index (χ0n) is 8.00. The van der Waals surface area contributed by atoms with Crippen molar-refractivity contribution < 1.29 is 26.5 Å². The summed E-state index contributed by atoms with van der Waals surface area (Å²) in [6.07, 6.45) is 0. The lowest BCUT2D eigenvalue weighted by Crippen LogP contribution is -2.30. The number of hydrogen-bond donors (Lipinski definition) is 3. The summed E-state index contributed by atoms with van der Waals surface area (Å²) >= 11 is 0. The number of benzene rings is 1. The van der Waals surface area contributed by atoms with E-state index in [0.29, 0.717) is 5.56 Å². The second-order valence-corrected chi connectivity index (χ2v) is 3.92. The quantitative estimate of drug-likeness (QED) is 0.438. The molecule has 0 amide bonds. The smallest absolute Gasteiger partial charge is 0.423 e. The molecule has 0 heterocycles. The highest BCUT2D eigenvalue weighted by Crippen LogP contribution is 2.14. The van der Waals surface area contributed by atoms with Gasteiger partial charge >= 0.3 is 17.6 Å². The van der Waals surface area contributed by atoms with Crippen molar-refractivity contribution in [1.29, 1.82) is 0 Å². The monoisotopic (exact) mass is 249 g/mol. The van der Waals surface area contributed by atoms with Crippen LogP contribution >= 0.6 is 0 Å². The Balaban J connectivity index is 3.14. The molecule has 1 rings (SSSR count). The highest BCUT2D eigenvalue weighted by atomic mass is 32.3. The minimum atomic E-state index is -5.15. The summed E-state index contributed by atoms with van der Waals surface area (Å²) in [5.41, 5.74) is 5.63. The number of halogens is 1. The van der Waals surface area contributed by atoms with E-state index in [1.165, 1.54) is 12.1 Å². The first-order chi connectivity index (χ1) is 7.31. The predicted octanol–water partition coefficient (Wildman–Crippen LogP) is -1.58. The maximum absolute atomic E-state index is 12.2. The topological polar surface area (TPSA) is 110 Å². The third-order valence-corrected chi connectivity index (χ3v) is 2.11. The Hall–Kier alpha value is -1.16. The van der Waals surface area contributed by atoms with Crippen LogP contribution in [0.3, 0.4) is 0 Å². The summed E-state index contributed by atoms with van der Waals surface area (Å²) in [6.45, 7) is 0.0171. The average molecular weight is 249 g/mol. The Morgan fingerprint density at radius 2 is 2.00 bits per heavy atom. The SMILES string of the molecule is NCc1cc(OS(=O)(=O)F)cc(B(O)O)c1. The van der Waals surface area contributed by atoms with Crippen molar-refractivity contribution in [2.24, 2.45) is 5.73 Å². The molecule has 6 nitrogen and oxygen atoms in total. The van der Waals surface area contributed by atoms with Crippen molar-refractivity contribution >= 4 is 23.1 Å². The Labute approximate surface area is 92.0 Å². The van der Waals surface area contributed by atoms with Crippen LogP contribution in [0.25, 0.3) is 0 Å². The minimum Gasteiger partial charge on any atom is -0.423 e. The first-order valence-corrected chi connectivity index (χ1v) is 5.47. The molecule has 88 valence electrons. The van der Waals surface area contributed by atoms with Crippen molar-refractivity contribution in [2.75, 3.05) is 0 Å². The van der Waals surface area contributed by atoms with Crippen LogP contribution < -0.4 is 15.4 Å². The molecule has 9 heteroatoms. The number of rotatable bonds is 4.